The highest BCUT2D eigenvalue weighted by Gasteiger charge is 2.12. The minimum absolute atomic E-state index is 0.107. The molecule has 1 aromatic carbocycles. The van der Waals surface area contributed by atoms with Crippen LogP contribution in [0.3, 0.4) is 0 Å². The van der Waals surface area contributed by atoms with Crippen LogP contribution in [0, 0.1) is 0 Å². The third-order valence-corrected chi connectivity index (χ3v) is 2.60. The lowest BCUT2D eigenvalue weighted by atomic mass is 10.2. The number of aryl methyl sites for hydroxylation is 1. The number of aromatic nitrogens is 1. The first-order chi connectivity index (χ1) is 7.99. The van der Waals surface area contributed by atoms with Gasteiger partial charge in [0.1, 0.15) is 11.4 Å². The van der Waals surface area contributed by atoms with Crippen LogP contribution in [-0.2, 0) is 7.05 Å². The number of carboxylic acids is 1. The molecule has 0 saturated carbocycles. The average Bonchev–Trinajstić information content (AvgIpc) is 2.55. The monoisotopic (exact) mass is 233 g/mol. The minimum Gasteiger partial charge on any atom is -0.491 e. The summed E-state index contributed by atoms with van der Waals surface area (Å²) >= 11 is 0. The summed E-state index contributed by atoms with van der Waals surface area (Å²) in [6, 6.07) is 7.25. The lowest BCUT2D eigenvalue weighted by molar-refractivity contribution is 0.0687. The first-order valence-electron chi connectivity index (χ1n) is 5.48. The highest BCUT2D eigenvalue weighted by atomic mass is 16.5. The zero-order valence-corrected chi connectivity index (χ0v) is 10.1. The molecule has 0 radical (unpaired) electrons. The van der Waals surface area contributed by atoms with Gasteiger partial charge in [-0.1, -0.05) is 0 Å². The predicted molar refractivity (Wildman–Crippen MR) is 65.6 cm³/mol. The smallest absolute Gasteiger partial charge is 0.352 e. The Morgan fingerprint density at radius 2 is 2.06 bits per heavy atom. The highest BCUT2D eigenvalue weighted by molar-refractivity contribution is 5.95. The molecule has 0 saturated heterocycles. The molecule has 1 aromatic heterocycles. The topological polar surface area (TPSA) is 51.5 Å². The summed E-state index contributed by atoms with van der Waals surface area (Å²) in [6.07, 6.45) is 0.107. The molecular weight excluding hydrogens is 218 g/mol. The number of ether oxygens (including phenoxy) is 1. The van der Waals surface area contributed by atoms with E-state index in [1.807, 2.05) is 32.0 Å². The first-order valence-corrected chi connectivity index (χ1v) is 5.48. The molecule has 0 aliphatic rings. The van der Waals surface area contributed by atoms with E-state index < -0.39 is 5.97 Å². The third kappa shape index (κ3) is 2.11. The standard InChI is InChI=1S/C13H15NO3/c1-8(2)17-10-4-5-11-9(6-10)7-12(13(15)16)14(11)3/h4-8H,1-3H3,(H,15,16). The number of carbonyl (C=O) groups is 1. The summed E-state index contributed by atoms with van der Waals surface area (Å²) in [5.41, 5.74) is 1.17. The van der Waals surface area contributed by atoms with Gasteiger partial charge in [-0.25, -0.2) is 4.79 Å². The van der Waals surface area contributed by atoms with Gasteiger partial charge in [-0.2, -0.15) is 0 Å². The van der Waals surface area contributed by atoms with Crippen molar-refractivity contribution in [3.63, 3.8) is 0 Å². The van der Waals surface area contributed by atoms with Gasteiger partial charge in [0.15, 0.2) is 0 Å². The summed E-state index contributed by atoms with van der Waals surface area (Å²) < 4.78 is 7.24. The second-order valence-electron chi connectivity index (χ2n) is 4.28. The molecule has 4 nitrogen and oxygen atoms in total. The van der Waals surface area contributed by atoms with Crippen molar-refractivity contribution in [3.8, 4) is 5.75 Å². The van der Waals surface area contributed by atoms with Gasteiger partial charge in [0.2, 0.25) is 0 Å². The Balaban J connectivity index is 2.52. The van der Waals surface area contributed by atoms with E-state index in [0.29, 0.717) is 0 Å². The van der Waals surface area contributed by atoms with Crippen molar-refractivity contribution in [1.82, 2.24) is 4.57 Å². The molecule has 0 aliphatic carbocycles. The van der Waals surface area contributed by atoms with Crippen molar-refractivity contribution < 1.29 is 14.6 Å². The maximum absolute atomic E-state index is 11.0. The maximum Gasteiger partial charge on any atom is 0.352 e. The molecule has 1 N–H and O–H groups in total. The number of hydrogen-bond donors (Lipinski definition) is 1. The second-order valence-corrected chi connectivity index (χ2v) is 4.28. The summed E-state index contributed by atoms with van der Waals surface area (Å²) in [6.45, 7) is 3.91. The summed E-state index contributed by atoms with van der Waals surface area (Å²) in [4.78, 5) is 11.0. The highest BCUT2D eigenvalue weighted by Crippen LogP contribution is 2.24. The first kappa shape index (κ1) is 11.5. The molecule has 1 heterocycles. The van der Waals surface area contributed by atoms with Crippen molar-refractivity contribution in [2.45, 2.75) is 20.0 Å². The van der Waals surface area contributed by atoms with Crippen LogP contribution >= 0.6 is 0 Å². The number of hydrogen-bond acceptors (Lipinski definition) is 2. The van der Waals surface area contributed by atoms with Crippen LogP contribution in [0.1, 0.15) is 24.3 Å². The van der Waals surface area contributed by atoms with Gasteiger partial charge >= 0.3 is 5.97 Å². The summed E-state index contributed by atoms with van der Waals surface area (Å²) in [5, 5.41) is 9.91. The van der Waals surface area contributed by atoms with Crippen LogP contribution in [0.5, 0.6) is 5.75 Å². The molecule has 0 spiro atoms. The number of nitrogens with zero attached hydrogens (tertiary/aromatic N) is 1. The van der Waals surface area contributed by atoms with E-state index in [-0.39, 0.29) is 11.8 Å². The van der Waals surface area contributed by atoms with Crippen LogP contribution in [0.25, 0.3) is 10.9 Å². The Morgan fingerprint density at radius 3 is 2.65 bits per heavy atom. The minimum atomic E-state index is -0.921. The van der Waals surface area contributed by atoms with E-state index in [2.05, 4.69) is 0 Å². The molecule has 0 fully saturated rings. The normalized spacial score (nSPS) is 11.1. The second kappa shape index (κ2) is 4.13. The number of benzene rings is 1. The predicted octanol–water partition coefficient (Wildman–Crippen LogP) is 2.66. The van der Waals surface area contributed by atoms with Gasteiger partial charge < -0.3 is 14.4 Å². The zero-order valence-electron chi connectivity index (χ0n) is 10.1. The molecule has 0 atom stereocenters. The number of fused-ring (bicyclic) bond motifs is 1. The van der Waals surface area contributed by atoms with Crippen molar-refractivity contribution in [2.24, 2.45) is 7.05 Å². The van der Waals surface area contributed by atoms with Crippen molar-refractivity contribution in [1.29, 1.82) is 0 Å². The van der Waals surface area contributed by atoms with Crippen molar-refractivity contribution >= 4 is 16.9 Å². The Labute approximate surface area is 99.4 Å². The Hall–Kier alpha value is -1.97. The van der Waals surface area contributed by atoms with E-state index in [1.165, 1.54) is 0 Å². The number of aromatic carboxylic acids is 1. The fourth-order valence-electron chi connectivity index (χ4n) is 1.88. The Morgan fingerprint density at radius 1 is 1.35 bits per heavy atom. The Bertz CT molecular complexity index is 569. The van der Waals surface area contributed by atoms with E-state index in [4.69, 9.17) is 9.84 Å². The van der Waals surface area contributed by atoms with Crippen LogP contribution in [0.2, 0.25) is 0 Å². The summed E-state index contributed by atoms with van der Waals surface area (Å²) in [5.74, 6) is -0.162. The molecule has 0 aliphatic heterocycles. The van der Waals surface area contributed by atoms with Gasteiger partial charge in [0, 0.05) is 18.0 Å². The maximum atomic E-state index is 11.0. The largest absolute Gasteiger partial charge is 0.491 e. The molecule has 0 unspecified atom stereocenters. The molecule has 17 heavy (non-hydrogen) atoms. The van der Waals surface area contributed by atoms with Crippen LogP contribution in [0.15, 0.2) is 24.3 Å². The van der Waals surface area contributed by atoms with Gasteiger partial charge in [0.25, 0.3) is 0 Å². The Kier molecular flexibility index (Phi) is 2.79. The fourth-order valence-corrected chi connectivity index (χ4v) is 1.88. The number of carboxylic acid groups (broad SMARTS) is 1. The van der Waals surface area contributed by atoms with Gasteiger partial charge in [-0.05, 0) is 38.1 Å². The van der Waals surface area contributed by atoms with Crippen molar-refractivity contribution in [2.75, 3.05) is 0 Å². The van der Waals surface area contributed by atoms with E-state index in [1.54, 1.807) is 17.7 Å². The van der Waals surface area contributed by atoms with Gasteiger partial charge in [0.05, 0.1) is 6.10 Å². The van der Waals surface area contributed by atoms with Crippen LogP contribution < -0.4 is 4.74 Å². The molecule has 90 valence electrons. The van der Waals surface area contributed by atoms with E-state index >= 15 is 0 Å². The lowest BCUT2D eigenvalue weighted by Crippen LogP contribution is -2.05. The zero-order chi connectivity index (χ0) is 12.6. The molecule has 0 amide bonds. The SMILES string of the molecule is CC(C)Oc1ccc2c(c1)cc(C(=O)O)n2C. The fraction of sp³-hybridized carbons (Fsp3) is 0.308. The molecule has 2 rings (SSSR count). The van der Waals surface area contributed by atoms with Crippen LogP contribution in [0.4, 0.5) is 0 Å². The molecule has 2 aromatic rings. The molecule has 0 bridgehead atoms. The van der Waals surface area contributed by atoms with Crippen LogP contribution in [-0.4, -0.2) is 21.7 Å². The third-order valence-electron chi connectivity index (χ3n) is 2.60. The quantitative estimate of drug-likeness (QED) is 0.886. The average molecular weight is 233 g/mol. The molecule has 4 heteroatoms. The summed E-state index contributed by atoms with van der Waals surface area (Å²) in [7, 11) is 1.74. The van der Waals surface area contributed by atoms with E-state index in [0.717, 1.165) is 16.7 Å². The number of rotatable bonds is 3. The lowest BCUT2D eigenvalue weighted by Gasteiger charge is -2.09. The van der Waals surface area contributed by atoms with Gasteiger partial charge in [-0.3, -0.25) is 0 Å². The van der Waals surface area contributed by atoms with Crippen molar-refractivity contribution in [3.05, 3.63) is 30.0 Å². The van der Waals surface area contributed by atoms with Gasteiger partial charge in [-0.15, -0.1) is 0 Å². The molecular formula is C13H15NO3. The van der Waals surface area contributed by atoms with E-state index in [9.17, 15) is 4.79 Å².